The van der Waals surface area contributed by atoms with E-state index in [1.807, 2.05) is 18.2 Å². The number of rotatable bonds is 1. The van der Waals surface area contributed by atoms with Gasteiger partial charge in [0.15, 0.2) is 5.11 Å². The molecule has 4 N–H and O–H groups in total. The summed E-state index contributed by atoms with van der Waals surface area (Å²) < 4.78 is 0. The van der Waals surface area contributed by atoms with Crippen molar-refractivity contribution in [1.82, 2.24) is 0 Å². The molecule has 1 aliphatic rings. The Kier molecular flexibility index (Phi) is 2.55. The topological polar surface area (TPSA) is 67.2 Å². The van der Waals surface area contributed by atoms with Crippen molar-refractivity contribution in [2.75, 3.05) is 10.6 Å². The number of hydrogen-bond donors (Lipinski definition) is 3. The molecule has 0 saturated carbocycles. The van der Waals surface area contributed by atoms with E-state index in [0.29, 0.717) is 6.42 Å². The minimum absolute atomic E-state index is 0.0275. The Balaban J connectivity index is 2.39. The molecule has 1 aromatic rings. The molecule has 1 aromatic carbocycles. The van der Waals surface area contributed by atoms with E-state index in [-0.39, 0.29) is 11.0 Å². The van der Waals surface area contributed by atoms with Gasteiger partial charge in [-0.25, -0.2) is 0 Å². The lowest BCUT2D eigenvalue weighted by Gasteiger charge is -2.20. The van der Waals surface area contributed by atoms with Gasteiger partial charge in [0, 0.05) is 6.42 Å². The second-order valence-corrected chi connectivity index (χ2v) is 3.82. The summed E-state index contributed by atoms with van der Waals surface area (Å²) in [5.41, 5.74) is 8.06. The van der Waals surface area contributed by atoms with E-state index in [9.17, 15) is 4.79 Å². The third-order valence-electron chi connectivity index (χ3n) is 2.29. The molecule has 5 heteroatoms. The van der Waals surface area contributed by atoms with Crippen LogP contribution in [0.15, 0.2) is 18.2 Å². The highest BCUT2D eigenvalue weighted by Crippen LogP contribution is 2.30. The average Bonchev–Trinajstić information content (AvgIpc) is 2.18. The van der Waals surface area contributed by atoms with Gasteiger partial charge < -0.3 is 16.4 Å². The van der Waals surface area contributed by atoms with Gasteiger partial charge in [-0.3, -0.25) is 4.79 Å². The van der Waals surface area contributed by atoms with Gasteiger partial charge in [-0.15, -0.1) is 0 Å². The smallest absolute Gasteiger partial charge is 0.224 e. The molecular formula is C10H11N3OS. The molecule has 1 heterocycles. The fourth-order valence-corrected chi connectivity index (χ4v) is 1.75. The van der Waals surface area contributed by atoms with Crippen LogP contribution in [0.3, 0.4) is 0 Å². The van der Waals surface area contributed by atoms with E-state index in [2.05, 4.69) is 10.6 Å². The maximum absolute atomic E-state index is 11.3. The molecular weight excluding hydrogens is 210 g/mol. The number of thiocarbonyl (C=S) groups is 1. The minimum Gasteiger partial charge on any atom is -0.376 e. The summed E-state index contributed by atoms with van der Waals surface area (Å²) in [5, 5.41) is 5.86. The zero-order chi connectivity index (χ0) is 10.8. The SMILES string of the molecule is NC(=S)Nc1cccc2c1NC(=O)CC2. The lowest BCUT2D eigenvalue weighted by Crippen LogP contribution is -2.24. The highest BCUT2D eigenvalue weighted by atomic mass is 32.1. The Bertz CT molecular complexity index is 431. The Morgan fingerprint density at radius 3 is 3.00 bits per heavy atom. The lowest BCUT2D eigenvalue weighted by molar-refractivity contribution is -0.116. The summed E-state index contributed by atoms with van der Waals surface area (Å²) in [5.74, 6) is 0.0275. The van der Waals surface area contributed by atoms with Gasteiger partial charge in [-0.2, -0.15) is 0 Å². The minimum atomic E-state index is 0.0275. The Morgan fingerprint density at radius 2 is 2.27 bits per heavy atom. The zero-order valence-electron chi connectivity index (χ0n) is 8.04. The van der Waals surface area contributed by atoms with Crippen LogP contribution in [-0.4, -0.2) is 11.0 Å². The molecule has 1 aliphatic heterocycles. The maximum atomic E-state index is 11.3. The first-order valence-corrected chi connectivity index (χ1v) is 5.06. The molecule has 0 atom stereocenters. The number of benzene rings is 1. The largest absolute Gasteiger partial charge is 0.376 e. The van der Waals surface area contributed by atoms with Crippen LogP contribution in [0.1, 0.15) is 12.0 Å². The highest BCUT2D eigenvalue weighted by Gasteiger charge is 2.17. The van der Waals surface area contributed by atoms with Crippen molar-refractivity contribution in [1.29, 1.82) is 0 Å². The second-order valence-electron chi connectivity index (χ2n) is 3.38. The summed E-state index contributed by atoms with van der Waals surface area (Å²) in [6.45, 7) is 0. The van der Waals surface area contributed by atoms with Crippen molar-refractivity contribution in [2.45, 2.75) is 12.8 Å². The number of nitrogens with two attached hydrogens (primary N) is 1. The zero-order valence-corrected chi connectivity index (χ0v) is 8.86. The molecule has 0 saturated heterocycles. The summed E-state index contributed by atoms with van der Waals surface area (Å²) in [6, 6.07) is 5.74. The van der Waals surface area contributed by atoms with Gasteiger partial charge in [-0.05, 0) is 30.3 Å². The first-order chi connectivity index (χ1) is 7.16. The molecule has 15 heavy (non-hydrogen) atoms. The second kappa shape index (κ2) is 3.86. The van der Waals surface area contributed by atoms with Crippen LogP contribution in [0, 0.1) is 0 Å². The summed E-state index contributed by atoms with van der Waals surface area (Å²) in [4.78, 5) is 11.3. The first-order valence-electron chi connectivity index (χ1n) is 4.65. The van der Waals surface area contributed by atoms with E-state index in [0.717, 1.165) is 23.4 Å². The van der Waals surface area contributed by atoms with Crippen molar-refractivity contribution in [3.63, 3.8) is 0 Å². The fraction of sp³-hybridized carbons (Fsp3) is 0.200. The summed E-state index contributed by atoms with van der Waals surface area (Å²) in [6.07, 6.45) is 1.29. The number of para-hydroxylation sites is 1. The third-order valence-corrected chi connectivity index (χ3v) is 2.40. The molecule has 0 aromatic heterocycles. The molecule has 0 fully saturated rings. The van der Waals surface area contributed by atoms with E-state index in [1.165, 1.54) is 0 Å². The molecule has 0 aliphatic carbocycles. The van der Waals surface area contributed by atoms with Crippen molar-refractivity contribution in [3.8, 4) is 0 Å². The van der Waals surface area contributed by atoms with Crippen molar-refractivity contribution >= 4 is 34.6 Å². The van der Waals surface area contributed by atoms with Gasteiger partial charge in [0.25, 0.3) is 0 Å². The molecule has 0 bridgehead atoms. The molecule has 2 rings (SSSR count). The van der Waals surface area contributed by atoms with Crippen LogP contribution in [0.2, 0.25) is 0 Å². The standard InChI is InChI=1S/C10H11N3OS/c11-10(15)12-7-3-1-2-6-4-5-8(14)13-9(6)7/h1-3H,4-5H2,(H,13,14)(H3,11,12,15). The van der Waals surface area contributed by atoms with E-state index in [1.54, 1.807) is 0 Å². The normalized spacial score (nSPS) is 14.0. The number of anilines is 2. The Morgan fingerprint density at radius 1 is 1.47 bits per heavy atom. The van der Waals surface area contributed by atoms with Gasteiger partial charge >= 0.3 is 0 Å². The number of fused-ring (bicyclic) bond motifs is 1. The van der Waals surface area contributed by atoms with E-state index in [4.69, 9.17) is 18.0 Å². The Labute approximate surface area is 92.8 Å². The first kappa shape index (κ1) is 9.92. The van der Waals surface area contributed by atoms with Gasteiger partial charge in [0.1, 0.15) is 0 Å². The van der Waals surface area contributed by atoms with Crippen molar-refractivity contribution in [2.24, 2.45) is 5.73 Å². The predicted octanol–water partition coefficient (Wildman–Crippen LogP) is 1.23. The number of carbonyl (C=O) groups excluding carboxylic acids is 1. The average molecular weight is 221 g/mol. The van der Waals surface area contributed by atoms with Gasteiger partial charge in [-0.1, -0.05) is 12.1 Å². The quantitative estimate of drug-likeness (QED) is 0.624. The molecule has 0 unspecified atom stereocenters. The van der Waals surface area contributed by atoms with Crippen LogP contribution in [0.5, 0.6) is 0 Å². The number of aryl methyl sites for hydroxylation is 1. The van der Waals surface area contributed by atoms with E-state index >= 15 is 0 Å². The summed E-state index contributed by atoms with van der Waals surface area (Å²) >= 11 is 4.77. The molecule has 78 valence electrons. The fourth-order valence-electron chi connectivity index (χ4n) is 1.64. The third kappa shape index (κ3) is 2.07. The van der Waals surface area contributed by atoms with Crippen LogP contribution in [0.4, 0.5) is 11.4 Å². The Hall–Kier alpha value is -1.62. The molecule has 4 nitrogen and oxygen atoms in total. The number of carbonyl (C=O) groups is 1. The van der Waals surface area contributed by atoms with Crippen LogP contribution >= 0.6 is 12.2 Å². The lowest BCUT2D eigenvalue weighted by atomic mass is 10.0. The molecule has 0 spiro atoms. The molecule has 1 amide bonds. The molecule has 0 radical (unpaired) electrons. The van der Waals surface area contributed by atoms with E-state index < -0.39 is 0 Å². The maximum Gasteiger partial charge on any atom is 0.224 e. The highest BCUT2D eigenvalue weighted by molar-refractivity contribution is 7.80. The van der Waals surface area contributed by atoms with Gasteiger partial charge in [0.2, 0.25) is 5.91 Å². The van der Waals surface area contributed by atoms with Crippen molar-refractivity contribution in [3.05, 3.63) is 23.8 Å². The summed E-state index contributed by atoms with van der Waals surface area (Å²) in [7, 11) is 0. The number of nitrogens with one attached hydrogen (secondary N) is 2. The van der Waals surface area contributed by atoms with Crippen molar-refractivity contribution < 1.29 is 4.79 Å². The monoisotopic (exact) mass is 221 g/mol. The van der Waals surface area contributed by atoms with Crippen LogP contribution < -0.4 is 16.4 Å². The predicted molar refractivity (Wildman–Crippen MR) is 63.8 cm³/mol. The number of amides is 1. The van der Waals surface area contributed by atoms with Crippen LogP contribution in [-0.2, 0) is 11.2 Å². The van der Waals surface area contributed by atoms with Crippen LogP contribution in [0.25, 0.3) is 0 Å². The number of hydrogen-bond acceptors (Lipinski definition) is 2. The van der Waals surface area contributed by atoms with Gasteiger partial charge in [0.05, 0.1) is 11.4 Å².